The van der Waals surface area contributed by atoms with Crippen LogP contribution in [0.15, 0.2) is 47.3 Å². The molecule has 3 aromatic heterocycles. The maximum Gasteiger partial charge on any atom is 0.188 e. The van der Waals surface area contributed by atoms with Crippen LogP contribution in [0.2, 0.25) is 0 Å². The molecule has 0 aliphatic carbocycles. The lowest BCUT2D eigenvalue weighted by Gasteiger charge is -2.00. The number of hydrogen-bond donors (Lipinski definition) is 2. The molecular weight excluding hydrogens is 288 g/mol. The van der Waals surface area contributed by atoms with Crippen molar-refractivity contribution in [2.24, 2.45) is 0 Å². The number of fused-ring (bicyclic) bond motifs is 1. The van der Waals surface area contributed by atoms with Gasteiger partial charge in [0.2, 0.25) is 0 Å². The van der Waals surface area contributed by atoms with Gasteiger partial charge in [0.25, 0.3) is 0 Å². The van der Waals surface area contributed by atoms with Crippen LogP contribution in [0.4, 0.5) is 10.9 Å². The molecule has 4 nitrogen and oxygen atoms in total. The Labute approximate surface area is 123 Å². The molecule has 1 aromatic carbocycles. The molecule has 0 bridgehead atoms. The van der Waals surface area contributed by atoms with Crippen LogP contribution in [-0.4, -0.2) is 15.2 Å². The Balaban J connectivity index is 1.80. The van der Waals surface area contributed by atoms with E-state index in [1.807, 2.05) is 5.38 Å². The van der Waals surface area contributed by atoms with Crippen molar-refractivity contribution in [2.75, 3.05) is 5.32 Å². The van der Waals surface area contributed by atoms with Gasteiger partial charge in [-0.2, -0.15) is 5.10 Å². The van der Waals surface area contributed by atoms with E-state index in [2.05, 4.69) is 56.2 Å². The summed E-state index contributed by atoms with van der Waals surface area (Å²) in [6.45, 7) is 0. The van der Waals surface area contributed by atoms with Gasteiger partial charge in [-0.3, -0.25) is 5.10 Å². The standard InChI is InChI=1S/C14H10N4S2/c1-2-12(19-6-1)9-3-4-11-10(8-9)13(18-17-11)16-14-15-5-7-20-14/h1-8H,(H2,15,16,17,18). The SMILES string of the molecule is c1csc(-c2ccc3[nH]nc(Nc4nccs4)c3c2)c1. The summed E-state index contributed by atoms with van der Waals surface area (Å²) in [6.07, 6.45) is 1.78. The summed E-state index contributed by atoms with van der Waals surface area (Å²) in [5.74, 6) is 0.813. The maximum atomic E-state index is 4.33. The molecule has 3 heterocycles. The van der Waals surface area contributed by atoms with E-state index in [1.54, 1.807) is 28.9 Å². The van der Waals surface area contributed by atoms with Gasteiger partial charge < -0.3 is 5.32 Å². The summed E-state index contributed by atoms with van der Waals surface area (Å²) < 4.78 is 0. The highest BCUT2D eigenvalue weighted by Gasteiger charge is 2.09. The number of hydrogen-bond acceptors (Lipinski definition) is 5. The molecule has 0 radical (unpaired) electrons. The first-order valence-electron chi connectivity index (χ1n) is 6.09. The van der Waals surface area contributed by atoms with Gasteiger partial charge in [-0.1, -0.05) is 12.1 Å². The van der Waals surface area contributed by atoms with Crippen molar-refractivity contribution in [3.05, 3.63) is 47.3 Å². The van der Waals surface area contributed by atoms with Crippen molar-refractivity contribution < 1.29 is 0 Å². The number of thiophene rings is 1. The van der Waals surface area contributed by atoms with Crippen LogP contribution >= 0.6 is 22.7 Å². The number of aromatic nitrogens is 3. The lowest BCUT2D eigenvalue weighted by Crippen LogP contribution is -1.89. The smallest absolute Gasteiger partial charge is 0.188 e. The lowest BCUT2D eigenvalue weighted by atomic mass is 10.1. The average Bonchev–Trinajstić information content (AvgIpc) is 3.20. The van der Waals surface area contributed by atoms with Crippen LogP contribution in [0, 0.1) is 0 Å². The monoisotopic (exact) mass is 298 g/mol. The van der Waals surface area contributed by atoms with E-state index in [9.17, 15) is 0 Å². The predicted octanol–water partition coefficient (Wildman–Crippen LogP) is 4.49. The van der Waals surface area contributed by atoms with E-state index in [4.69, 9.17) is 0 Å². The molecule has 6 heteroatoms. The van der Waals surface area contributed by atoms with Crippen molar-refractivity contribution >= 4 is 44.5 Å². The van der Waals surface area contributed by atoms with Crippen molar-refractivity contribution in [3.8, 4) is 10.4 Å². The van der Waals surface area contributed by atoms with Crippen LogP contribution in [0.25, 0.3) is 21.3 Å². The minimum Gasteiger partial charge on any atom is -0.314 e. The summed E-state index contributed by atoms with van der Waals surface area (Å²) in [5, 5.41) is 16.6. The first-order chi connectivity index (χ1) is 9.90. The lowest BCUT2D eigenvalue weighted by molar-refractivity contribution is 1.12. The molecule has 0 saturated heterocycles. The number of benzene rings is 1. The zero-order valence-electron chi connectivity index (χ0n) is 10.3. The fourth-order valence-electron chi connectivity index (χ4n) is 2.09. The molecule has 0 atom stereocenters. The molecular formula is C14H10N4S2. The second-order valence-corrected chi connectivity index (χ2v) is 6.11. The third-order valence-electron chi connectivity index (χ3n) is 3.03. The molecule has 0 saturated carbocycles. The second kappa shape index (κ2) is 4.73. The Morgan fingerprint density at radius 1 is 1.10 bits per heavy atom. The van der Waals surface area contributed by atoms with Crippen molar-refractivity contribution in [1.82, 2.24) is 15.2 Å². The van der Waals surface area contributed by atoms with Gasteiger partial charge in [0, 0.05) is 21.8 Å². The molecule has 98 valence electrons. The minimum atomic E-state index is 0.813. The molecule has 0 aliphatic rings. The van der Waals surface area contributed by atoms with Crippen LogP contribution in [0.5, 0.6) is 0 Å². The molecule has 0 amide bonds. The number of nitrogens with zero attached hydrogens (tertiary/aromatic N) is 2. The Bertz CT molecular complexity index is 831. The Morgan fingerprint density at radius 3 is 2.90 bits per heavy atom. The first kappa shape index (κ1) is 11.6. The summed E-state index contributed by atoms with van der Waals surface area (Å²) in [7, 11) is 0. The van der Waals surface area contributed by atoms with Crippen LogP contribution in [-0.2, 0) is 0 Å². The molecule has 4 aromatic rings. The zero-order chi connectivity index (χ0) is 13.4. The Hall–Kier alpha value is -2.18. The molecule has 0 fully saturated rings. The van der Waals surface area contributed by atoms with E-state index in [0.29, 0.717) is 0 Å². The molecule has 2 N–H and O–H groups in total. The number of thiazole rings is 1. The van der Waals surface area contributed by atoms with Gasteiger partial charge in [-0.05, 0) is 29.1 Å². The summed E-state index contributed by atoms with van der Waals surface area (Å²) in [5.41, 5.74) is 2.22. The third-order valence-corrected chi connectivity index (χ3v) is 4.63. The highest BCUT2D eigenvalue weighted by atomic mass is 32.1. The number of nitrogens with one attached hydrogen (secondary N) is 2. The van der Waals surface area contributed by atoms with E-state index in [0.717, 1.165) is 21.9 Å². The highest BCUT2D eigenvalue weighted by Crippen LogP contribution is 2.31. The zero-order valence-corrected chi connectivity index (χ0v) is 12.0. The van der Waals surface area contributed by atoms with Crippen LogP contribution < -0.4 is 5.32 Å². The van der Waals surface area contributed by atoms with Crippen LogP contribution in [0.3, 0.4) is 0 Å². The number of anilines is 2. The molecule has 0 unspecified atom stereocenters. The second-order valence-electron chi connectivity index (χ2n) is 4.27. The number of aromatic amines is 1. The molecule has 0 aliphatic heterocycles. The van der Waals surface area contributed by atoms with Gasteiger partial charge in [0.1, 0.15) is 0 Å². The van der Waals surface area contributed by atoms with E-state index in [1.165, 1.54) is 10.4 Å². The van der Waals surface area contributed by atoms with E-state index < -0.39 is 0 Å². The fourth-order valence-corrected chi connectivity index (χ4v) is 3.34. The third kappa shape index (κ3) is 1.99. The largest absolute Gasteiger partial charge is 0.314 e. The maximum absolute atomic E-state index is 4.33. The Kier molecular flexibility index (Phi) is 2.75. The minimum absolute atomic E-state index is 0.813. The highest BCUT2D eigenvalue weighted by molar-refractivity contribution is 7.13. The van der Waals surface area contributed by atoms with Crippen molar-refractivity contribution in [2.45, 2.75) is 0 Å². The van der Waals surface area contributed by atoms with Gasteiger partial charge in [-0.25, -0.2) is 4.98 Å². The number of rotatable bonds is 3. The van der Waals surface area contributed by atoms with E-state index in [-0.39, 0.29) is 0 Å². The fraction of sp³-hybridized carbons (Fsp3) is 0. The van der Waals surface area contributed by atoms with E-state index >= 15 is 0 Å². The predicted molar refractivity (Wildman–Crippen MR) is 84.8 cm³/mol. The molecule has 4 rings (SSSR count). The van der Waals surface area contributed by atoms with Gasteiger partial charge in [0.15, 0.2) is 10.9 Å². The topological polar surface area (TPSA) is 53.6 Å². The normalized spacial score (nSPS) is 11.0. The average molecular weight is 298 g/mol. The summed E-state index contributed by atoms with van der Waals surface area (Å²) >= 11 is 3.29. The van der Waals surface area contributed by atoms with Gasteiger partial charge in [-0.15, -0.1) is 22.7 Å². The first-order valence-corrected chi connectivity index (χ1v) is 7.84. The Morgan fingerprint density at radius 2 is 2.10 bits per heavy atom. The van der Waals surface area contributed by atoms with Crippen molar-refractivity contribution in [1.29, 1.82) is 0 Å². The van der Waals surface area contributed by atoms with Crippen LogP contribution in [0.1, 0.15) is 0 Å². The molecule has 20 heavy (non-hydrogen) atoms. The van der Waals surface area contributed by atoms with Gasteiger partial charge >= 0.3 is 0 Å². The summed E-state index contributed by atoms with van der Waals surface area (Å²) in [4.78, 5) is 5.48. The quantitative estimate of drug-likeness (QED) is 0.586. The molecule has 0 spiro atoms. The summed E-state index contributed by atoms with van der Waals surface area (Å²) in [6, 6.07) is 10.5. The number of H-pyrrole nitrogens is 1. The van der Waals surface area contributed by atoms with Crippen molar-refractivity contribution in [3.63, 3.8) is 0 Å². The van der Waals surface area contributed by atoms with Gasteiger partial charge in [0.05, 0.1) is 5.52 Å².